The van der Waals surface area contributed by atoms with Crippen LogP contribution in [0.25, 0.3) is 10.2 Å². The molecule has 1 aliphatic heterocycles. The molecule has 0 unspecified atom stereocenters. The SMILES string of the molecule is CN(c1nc2cnccc2s1)C1CC(C)(C)NC(C)(C)C1. The molecule has 114 valence electrons. The van der Waals surface area contributed by atoms with E-state index in [1.807, 2.05) is 18.5 Å². The topological polar surface area (TPSA) is 41.1 Å². The molecule has 1 N–H and O–H groups in total. The van der Waals surface area contributed by atoms with Crippen LogP contribution in [0.5, 0.6) is 0 Å². The minimum Gasteiger partial charge on any atom is -0.348 e. The zero-order valence-corrected chi connectivity index (χ0v) is 14.3. The number of thiazole rings is 1. The van der Waals surface area contributed by atoms with Gasteiger partial charge in [-0.2, -0.15) is 0 Å². The lowest BCUT2D eigenvalue weighted by Crippen LogP contribution is -2.61. The van der Waals surface area contributed by atoms with E-state index >= 15 is 0 Å². The number of aromatic nitrogens is 2. The average Bonchev–Trinajstić information content (AvgIpc) is 2.77. The van der Waals surface area contributed by atoms with Gasteiger partial charge < -0.3 is 10.2 Å². The van der Waals surface area contributed by atoms with Crippen LogP contribution in [0.4, 0.5) is 5.13 Å². The van der Waals surface area contributed by atoms with Crippen molar-refractivity contribution in [1.29, 1.82) is 0 Å². The summed E-state index contributed by atoms with van der Waals surface area (Å²) in [6.45, 7) is 9.15. The van der Waals surface area contributed by atoms with Gasteiger partial charge in [-0.05, 0) is 46.6 Å². The fourth-order valence-corrected chi connectivity index (χ4v) is 4.58. The van der Waals surface area contributed by atoms with Crippen LogP contribution in [0.3, 0.4) is 0 Å². The Morgan fingerprint density at radius 1 is 1.24 bits per heavy atom. The first-order chi connectivity index (χ1) is 9.76. The minimum absolute atomic E-state index is 0.152. The third-order valence-corrected chi connectivity index (χ3v) is 5.32. The Balaban J connectivity index is 1.88. The molecular weight excluding hydrogens is 280 g/mol. The highest BCUT2D eigenvalue weighted by Gasteiger charge is 2.39. The highest BCUT2D eigenvalue weighted by molar-refractivity contribution is 7.22. The van der Waals surface area contributed by atoms with E-state index in [0.29, 0.717) is 6.04 Å². The van der Waals surface area contributed by atoms with Gasteiger partial charge >= 0.3 is 0 Å². The number of hydrogen-bond acceptors (Lipinski definition) is 5. The zero-order valence-electron chi connectivity index (χ0n) is 13.5. The quantitative estimate of drug-likeness (QED) is 0.923. The van der Waals surface area contributed by atoms with Gasteiger partial charge in [0.1, 0.15) is 5.52 Å². The number of fused-ring (bicyclic) bond motifs is 1. The molecule has 0 aliphatic carbocycles. The van der Waals surface area contributed by atoms with Crippen LogP contribution in [-0.4, -0.2) is 34.1 Å². The largest absolute Gasteiger partial charge is 0.348 e. The summed E-state index contributed by atoms with van der Waals surface area (Å²) >= 11 is 1.75. The van der Waals surface area contributed by atoms with Crippen molar-refractivity contribution in [2.75, 3.05) is 11.9 Å². The van der Waals surface area contributed by atoms with Gasteiger partial charge in [-0.1, -0.05) is 11.3 Å². The smallest absolute Gasteiger partial charge is 0.186 e. The van der Waals surface area contributed by atoms with Crippen molar-refractivity contribution in [3.8, 4) is 0 Å². The van der Waals surface area contributed by atoms with Crippen molar-refractivity contribution in [3.63, 3.8) is 0 Å². The van der Waals surface area contributed by atoms with Crippen LogP contribution in [0.15, 0.2) is 18.5 Å². The number of piperidine rings is 1. The monoisotopic (exact) mass is 304 g/mol. The van der Waals surface area contributed by atoms with Crippen LogP contribution in [0.1, 0.15) is 40.5 Å². The Hall–Kier alpha value is -1.20. The maximum absolute atomic E-state index is 4.74. The highest BCUT2D eigenvalue weighted by atomic mass is 32.1. The molecule has 5 heteroatoms. The molecule has 21 heavy (non-hydrogen) atoms. The summed E-state index contributed by atoms with van der Waals surface area (Å²) in [6, 6.07) is 2.55. The van der Waals surface area contributed by atoms with Crippen molar-refractivity contribution >= 4 is 26.7 Å². The molecule has 0 spiro atoms. The number of hydrogen-bond donors (Lipinski definition) is 1. The summed E-state index contributed by atoms with van der Waals surface area (Å²) in [7, 11) is 2.17. The maximum Gasteiger partial charge on any atom is 0.186 e. The predicted molar refractivity (Wildman–Crippen MR) is 90.1 cm³/mol. The van der Waals surface area contributed by atoms with Crippen molar-refractivity contribution in [1.82, 2.24) is 15.3 Å². The molecule has 3 rings (SSSR count). The highest BCUT2D eigenvalue weighted by Crippen LogP contribution is 2.35. The Bertz CT molecular complexity index is 598. The third-order valence-electron chi connectivity index (χ3n) is 4.20. The van der Waals surface area contributed by atoms with Crippen molar-refractivity contribution in [2.45, 2.75) is 57.7 Å². The van der Waals surface area contributed by atoms with E-state index in [2.05, 4.69) is 49.9 Å². The van der Waals surface area contributed by atoms with Gasteiger partial charge in [0, 0.05) is 30.4 Å². The van der Waals surface area contributed by atoms with E-state index in [0.717, 1.165) is 23.5 Å². The molecule has 4 nitrogen and oxygen atoms in total. The van der Waals surface area contributed by atoms with Gasteiger partial charge in [0.25, 0.3) is 0 Å². The van der Waals surface area contributed by atoms with Gasteiger partial charge in [-0.15, -0.1) is 0 Å². The van der Waals surface area contributed by atoms with E-state index < -0.39 is 0 Å². The van der Waals surface area contributed by atoms with Crippen LogP contribution < -0.4 is 10.2 Å². The predicted octanol–water partition coefficient (Wildman–Crippen LogP) is 3.44. The average molecular weight is 304 g/mol. The second-order valence-electron chi connectivity index (χ2n) is 7.41. The number of rotatable bonds is 2. The molecule has 2 aromatic heterocycles. The Kier molecular flexibility index (Phi) is 3.45. The molecule has 0 amide bonds. The Morgan fingerprint density at radius 3 is 2.52 bits per heavy atom. The molecule has 1 fully saturated rings. The van der Waals surface area contributed by atoms with Gasteiger partial charge in [0.15, 0.2) is 5.13 Å². The Labute approximate surface area is 130 Å². The number of pyridine rings is 1. The summed E-state index contributed by atoms with van der Waals surface area (Å²) in [4.78, 5) is 11.3. The normalized spacial score (nSPS) is 21.6. The van der Waals surface area contributed by atoms with E-state index in [1.165, 1.54) is 4.70 Å². The van der Waals surface area contributed by atoms with Crippen molar-refractivity contribution in [2.24, 2.45) is 0 Å². The molecule has 1 saturated heterocycles. The molecule has 2 aromatic rings. The first kappa shape index (κ1) is 14.7. The lowest BCUT2D eigenvalue weighted by Gasteiger charge is -2.48. The van der Waals surface area contributed by atoms with Gasteiger partial charge in [0.2, 0.25) is 0 Å². The molecule has 1 aliphatic rings. The third kappa shape index (κ3) is 3.04. The number of nitrogens with zero attached hydrogens (tertiary/aromatic N) is 3. The first-order valence-electron chi connectivity index (χ1n) is 7.49. The fraction of sp³-hybridized carbons (Fsp3) is 0.625. The number of anilines is 1. The summed E-state index contributed by atoms with van der Waals surface area (Å²) in [6.07, 6.45) is 5.93. The van der Waals surface area contributed by atoms with E-state index in [-0.39, 0.29) is 11.1 Å². The van der Waals surface area contributed by atoms with E-state index in [4.69, 9.17) is 4.98 Å². The molecule has 0 atom stereocenters. The zero-order chi connectivity index (χ0) is 15.3. The van der Waals surface area contributed by atoms with Gasteiger partial charge in [-0.3, -0.25) is 4.98 Å². The van der Waals surface area contributed by atoms with Crippen LogP contribution in [-0.2, 0) is 0 Å². The van der Waals surface area contributed by atoms with Crippen LogP contribution >= 0.6 is 11.3 Å². The molecule has 3 heterocycles. The van der Waals surface area contributed by atoms with Crippen molar-refractivity contribution in [3.05, 3.63) is 18.5 Å². The molecular formula is C16H24N4S. The van der Waals surface area contributed by atoms with Gasteiger partial charge in [-0.25, -0.2) is 4.98 Å². The van der Waals surface area contributed by atoms with Gasteiger partial charge in [0.05, 0.1) is 10.9 Å². The summed E-state index contributed by atoms with van der Waals surface area (Å²) < 4.78 is 1.21. The molecule has 0 radical (unpaired) electrons. The molecule has 0 bridgehead atoms. The second kappa shape index (κ2) is 4.92. The van der Waals surface area contributed by atoms with Crippen molar-refractivity contribution < 1.29 is 0 Å². The minimum atomic E-state index is 0.152. The second-order valence-corrected chi connectivity index (χ2v) is 8.41. The van der Waals surface area contributed by atoms with Crippen LogP contribution in [0.2, 0.25) is 0 Å². The lowest BCUT2D eigenvalue weighted by molar-refractivity contribution is 0.161. The molecule has 0 saturated carbocycles. The first-order valence-corrected chi connectivity index (χ1v) is 8.30. The maximum atomic E-state index is 4.74. The van der Waals surface area contributed by atoms with E-state index in [1.54, 1.807) is 11.3 Å². The lowest BCUT2D eigenvalue weighted by atomic mass is 9.79. The summed E-state index contributed by atoms with van der Waals surface area (Å²) in [5.41, 5.74) is 1.30. The fourth-order valence-electron chi connectivity index (χ4n) is 3.62. The summed E-state index contributed by atoms with van der Waals surface area (Å²) in [5, 5.41) is 4.84. The standard InChI is InChI=1S/C16H24N4S/c1-15(2)8-11(9-16(3,4)19-15)20(5)14-18-12-10-17-7-6-13(12)21-14/h6-7,10-11,19H,8-9H2,1-5H3. The molecule has 0 aromatic carbocycles. The Morgan fingerprint density at radius 2 is 1.90 bits per heavy atom. The van der Waals surface area contributed by atoms with E-state index in [9.17, 15) is 0 Å². The summed E-state index contributed by atoms with van der Waals surface area (Å²) in [5.74, 6) is 0. The van der Waals surface area contributed by atoms with Crippen LogP contribution in [0, 0.1) is 0 Å². The number of nitrogens with one attached hydrogen (secondary N) is 1.